The van der Waals surface area contributed by atoms with Crippen molar-refractivity contribution in [1.82, 2.24) is 10.2 Å². The van der Waals surface area contributed by atoms with Crippen molar-refractivity contribution < 1.29 is 0 Å². The monoisotopic (exact) mass is 266 g/mol. The highest BCUT2D eigenvalue weighted by atomic mass is 32.1. The summed E-state index contributed by atoms with van der Waals surface area (Å²) in [6, 6.07) is 6.27. The number of nitrogens with one attached hydrogen (secondary N) is 1. The van der Waals surface area contributed by atoms with Crippen LogP contribution in [0.3, 0.4) is 0 Å². The Bertz CT molecular complexity index is 345. The summed E-state index contributed by atoms with van der Waals surface area (Å²) in [7, 11) is 0. The van der Waals surface area contributed by atoms with Gasteiger partial charge in [-0.25, -0.2) is 0 Å². The van der Waals surface area contributed by atoms with E-state index in [4.69, 9.17) is 0 Å². The molecule has 2 unspecified atom stereocenters. The lowest BCUT2D eigenvalue weighted by atomic mass is 10.0. The van der Waals surface area contributed by atoms with E-state index in [2.05, 4.69) is 55.4 Å². The minimum absolute atomic E-state index is 0.516. The zero-order chi connectivity index (χ0) is 13.1. The first-order valence-electron chi connectivity index (χ1n) is 7.11. The molecule has 18 heavy (non-hydrogen) atoms. The van der Waals surface area contributed by atoms with Gasteiger partial charge in [-0.05, 0) is 44.2 Å². The Hall–Kier alpha value is -0.380. The number of rotatable bonds is 5. The maximum atomic E-state index is 3.87. The van der Waals surface area contributed by atoms with Crippen LogP contribution < -0.4 is 5.32 Å². The van der Waals surface area contributed by atoms with Crippen LogP contribution >= 0.6 is 11.3 Å². The average Bonchev–Trinajstić information content (AvgIpc) is 2.96. The lowest BCUT2D eigenvalue weighted by Crippen LogP contribution is -2.38. The normalized spacial score (nSPS) is 23.1. The van der Waals surface area contributed by atoms with Gasteiger partial charge in [0.2, 0.25) is 0 Å². The molecule has 1 saturated heterocycles. The predicted molar refractivity (Wildman–Crippen MR) is 80.1 cm³/mol. The summed E-state index contributed by atoms with van der Waals surface area (Å²) in [5.41, 5.74) is 0. The summed E-state index contributed by atoms with van der Waals surface area (Å²) in [6.07, 6.45) is 1.28. The van der Waals surface area contributed by atoms with Crippen LogP contribution in [0, 0.1) is 5.92 Å². The molecular weight excluding hydrogens is 240 g/mol. The highest BCUT2D eigenvalue weighted by molar-refractivity contribution is 7.10. The summed E-state index contributed by atoms with van der Waals surface area (Å²) >= 11 is 1.87. The van der Waals surface area contributed by atoms with Gasteiger partial charge in [0.1, 0.15) is 0 Å². The predicted octanol–water partition coefficient (Wildman–Crippen LogP) is 3.52. The third-order valence-corrected chi connectivity index (χ3v) is 4.84. The summed E-state index contributed by atoms with van der Waals surface area (Å²) in [5, 5.41) is 6.05. The molecule has 1 aromatic heterocycles. The van der Waals surface area contributed by atoms with Crippen molar-refractivity contribution in [2.75, 3.05) is 13.1 Å². The van der Waals surface area contributed by atoms with Gasteiger partial charge in [0.15, 0.2) is 0 Å². The first-order chi connectivity index (χ1) is 8.58. The highest BCUT2D eigenvalue weighted by Crippen LogP contribution is 2.27. The van der Waals surface area contributed by atoms with Crippen LogP contribution in [-0.2, 0) is 0 Å². The number of hydrogen-bond donors (Lipinski definition) is 1. The van der Waals surface area contributed by atoms with Crippen LogP contribution in [0.2, 0.25) is 0 Å². The van der Waals surface area contributed by atoms with Crippen molar-refractivity contribution in [3.8, 4) is 0 Å². The quantitative estimate of drug-likeness (QED) is 0.877. The fraction of sp³-hybridized carbons (Fsp3) is 0.733. The van der Waals surface area contributed by atoms with E-state index in [0.29, 0.717) is 24.0 Å². The van der Waals surface area contributed by atoms with Crippen LogP contribution in [-0.4, -0.2) is 30.1 Å². The first kappa shape index (κ1) is 14.0. The molecule has 0 saturated carbocycles. The van der Waals surface area contributed by atoms with Crippen LogP contribution in [0.4, 0.5) is 0 Å². The minimum atomic E-state index is 0.516. The molecule has 102 valence electrons. The van der Waals surface area contributed by atoms with Crippen LogP contribution in [0.25, 0.3) is 0 Å². The standard InChI is InChI=1S/C15H26N2S/c1-11(2)15(14-6-5-9-18-14)16-13-7-8-17(10-13)12(3)4/h5-6,9,11-13,15-16H,7-8,10H2,1-4H3. The van der Waals surface area contributed by atoms with E-state index in [0.717, 1.165) is 0 Å². The lowest BCUT2D eigenvalue weighted by molar-refractivity contribution is 0.261. The molecule has 0 bridgehead atoms. The van der Waals surface area contributed by atoms with E-state index < -0.39 is 0 Å². The van der Waals surface area contributed by atoms with E-state index in [-0.39, 0.29) is 0 Å². The Kier molecular flexibility index (Phi) is 4.82. The summed E-state index contributed by atoms with van der Waals surface area (Å²) < 4.78 is 0. The van der Waals surface area contributed by atoms with Crippen molar-refractivity contribution >= 4 is 11.3 Å². The second-order valence-electron chi connectivity index (χ2n) is 5.98. The average molecular weight is 266 g/mol. The molecule has 2 nitrogen and oxygen atoms in total. The molecule has 1 aliphatic rings. The second kappa shape index (κ2) is 6.18. The molecule has 1 fully saturated rings. The van der Waals surface area contributed by atoms with E-state index in [1.807, 2.05) is 11.3 Å². The van der Waals surface area contributed by atoms with E-state index in [1.54, 1.807) is 0 Å². The summed E-state index contributed by atoms with van der Waals surface area (Å²) in [6.45, 7) is 11.7. The summed E-state index contributed by atoms with van der Waals surface area (Å²) in [4.78, 5) is 4.05. The second-order valence-corrected chi connectivity index (χ2v) is 6.96. The Morgan fingerprint density at radius 1 is 1.33 bits per heavy atom. The van der Waals surface area contributed by atoms with Gasteiger partial charge in [0.25, 0.3) is 0 Å². The number of nitrogens with zero attached hydrogens (tertiary/aromatic N) is 1. The van der Waals surface area contributed by atoms with Crippen molar-refractivity contribution in [3.05, 3.63) is 22.4 Å². The molecule has 3 heteroatoms. The third kappa shape index (κ3) is 3.34. The van der Waals surface area contributed by atoms with Crippen LogP contribution in [0.15, 0.2) is 17.5 Å². The van der Waals surface area contributed by atoms with E-state index in [1.165, 1.54) is 24.4 Å². The van der Waals surface area contributed by atoms with Gasteiger partial charge in [-0.15, -0.1) is 11.3 Å². The molecule has 2 heterocycles. The molecule has 0 radical (unpaired) electrons. The molecule has 1 N–H and O–H groups in total. The van der Waals surface area contributed by atoms with Gasteiger partial charge in [-0.3, -0.25) is 4.90 Å². The molecule has 0 aliphatic carbocycles. The third-order valence-electron chi connectivity index (χ3n) is 3.88. The number of likely N-dealkylation sites (tertiary alicyclic amines) is 1. The van der Waals surface area contributed by atoms with Gasteiger partial charge in [0.05, 0.1) is 0 Å². The van der Waals surface area contributed by atoms with Gasteiger partial charge in [-0.2, -0.15) is 0 Å². The molecule has 0 aromatic carbocycles. The zero-order valence-electron chi connectivity index (χ0n) is 12.0. The first-order valence-corrected chi connectivity index (χ1v) is 7.99. The Labute approximate surface area is 115 Å². The zero-order valence-corrected chi connectivity index (χ0v) is 12.8. The van der Waals surface area contributed by atoms with Crippen LogP contribution in [0.5, 0.6) is 0 Å². The van der Waals surface area contributed by atoms with Crippen molar-refractivity contribution in [2.45, 2.75) is 52.2 Å². The Morgan fingerprint density at radius 3 is 2.61 bits per heavy atom. The van der Waals surface area contributed by atoms with Gasteiger partial charge in [-0.1, -0.05) is 19.9 Å². The fourth-order valence-corrected chi connectivity index (χ4v) is 3.68. The Morgan fingerprint density at radius 2 is 2.11 bits per heavy atom. The van der Waals surface area contributed by atoms with Crippen molar-refractivity contribution in [1.29, 1.82) is 0 Å². The molecule has 2 atom stereocenters. The highest BCUT2D eigenvalue weighted by Gasteiger charge is 2.27. The fourth-order valence-electron chi connectivity index (χ4n) is 2.72. The Balaban J connectivity index is 1.95. The van der Waals surface area contributed by atoms with E-state index in [9.17, 15) is 0 Å². The smallest absolute Gasteiger partial charge is 0.0440 e. The largest absolute Gasteiger partial charge is 0.305 e. The topological polar surface area (TPSA) is 15.3 Å². The lowest BCUT2D eigenvalue weighted by Gasteiger charge is -2.26. The maximum Gasteiger partial charge on any atom is 0.0440 e. The van der Waals surface area contributed by atoms with Crippen molar-refractivity contribution in [3.63, 3.8) is 0 Å². The van der Waals surface area contributed by atoms with Gasteiger partial charge < -0.3 is 5.32 Å². The molecule has 0 spiro atoms. The summed E-state index contributed by atoms with van der Waals surface area (Å²) in [5.74, 6) is 0.650. The minimum Gasteiger partial charge on any atom is -0.305 e. The van der Waals surface area contributed by atoms with Crippen LogP contribution in [0.1, 0.15) is 45.0 Å². The molecule has 2 rings (SSSR count). The van der Waals surface area contributed by atoms with E-state index >= 15 is 0 Å². The number of hydrogen-bond acceptors (Lipinski definition) is 3. The number of thiophene rings is 1. The maximum absolute atomic E-state index is 3.87. The van der Waals surface area contributed by atoms with Gasteiger partial charge >= 0.3 is 0 Å². The van der Waals surface area contributed by atoms with Gasteiger partial charge in [0, 0.05) is 29.5 Å². The SMILES string of the molecule is CC(C)C(NC1CCN(C(C)C)C1)c1cccs1. The molecule has 0 amide bonds. The molecular formula is C15H26N2S. The van der Waals surface area contributed by atoms with Crippen molar-refractivity contribution in [2.24, 2.45) is 5.92 Å². The molecule has 1 aromatic rings. The molecule has 1 aliphatic heterocycles.